The molecule has 102 valence electrons. The summed E-state index contributed by atoms with van der Waals surface area (Å²) in [6.07, 6.45) is 0.772. The molecule has 0 unspecified atom stereocenters. The van der Waals surface area contributed by atoms with E-state index in [2.05, 4.69) is 4.98 Å². The third-order valence-corrected chi connectivity index (χ3v) is 5.71. The molecule has 6 heteroatoms. The lowest BCUT2D eigenvalue weighted by Gasteiger charge is -2.01. The Morgan fingerprint density at radius 1 is 1.26 bits per heavy atom. The van der Waals surface area contributed by atoms with E-state index >= 15 is 0 Å². The Kier molecular flexibility index (Phi) is 4.34. The summed E-state index contributed by atoms with van der Waals surface area (Å²) >= 11 is 1.39. The van der Waals surface area contributed by atoms with Gasteiger partial charge in [0.15, 0.2) is 9.84 Å². The largest absolute Gasteiger partial charge is 0.326 e. The van der Waals surface area contributed by atoms with Crippen molar-refractivity contribution in [3.8, 4) is 0 Å². The van der Waals surface area contributed by atoms with Crippen LogP contribution in [0.5, 0.6) is 0 Å². The third-order valence-electron chi connectivity index (χ3n) is 2.76. The fourth-order valence-corrected chi connectivity index (χ4v) is 4.47. The number of hydrogen-bond acceptors (Lipinski definition) is 5. The zero-order valence-corrected chi connectivity index (χ0v) is 12.3. The van der Waals surface area contributed by atoms with E-state index in [-0.39, 0.29) is 5.75 Å². The van der Waals surface area contributed by atoms with Gasteiger partial charge >= 0.3 is 0 Å². The molecule has 0 aliphatic carbocycles. The second kappa shape index (κ2) is 5.81. The van der Waals surface area contributed by atoms with Crippen LogP contribution in [0.3, 0.4) is 0 Å². The van der Waals surface area contributed by atoms with Gasteiger partial charge in [0.25, 0.3) is 0 Å². The van der Waals surface area contributed by atoms with Crippen molar-refractivity contribution in [3.05, 3.63) is 45.9 Å². The van der Waals surface area contributed by atoms with Gasteiger partial charge in [-0.2, -0.15) is 0 Å². The molecule has 0 atom stereocenters. The molecule has 0 aliphatic heterocycles. The number of benzene rings is 1. The summed E-state index contributed by atoms with van der Waals surface area (Å²) in [4.78, 5) is 5.67. The Hall–Kier alpha value is -1.24. The van der Waals surface area contributed by atoms with Crippen molar-refractivity contribution < 1.29 is 8.42 Å². The molecule has 0 saturated heterocycles. The van der Waals surface area contributed by atoms with E-state index in [1.807, 2.05) is 6.92 Å². The molecule has 0 aliphatic rings. The van der Waals surface area contributed by atoms with E-state index in [0.29, 0.717) is 16.4 Å². The van der Waals surface area contributed by atoms with Crippen molar-refractivity contribution in [3.63, 3.8) is 0 Å². The summed E-state index contributed by atoms with van der Waals surface area (Å²) in [5.74, 6) is -0.0608. The first kappa shape index (κ1) is 14.2. The lowest BCUT2D eigenvalue weighted by atomic mass is 10.3. The van der Waals surface area contributed by atoms with Crippen LogP contribution in [-0.4, -0.2) is 13.4 Å². The lowest BCUT2D eigenvalue weighted by molar-refractivity contribution is 0.595. The van der Waals surface area contributed by atoms with E-state index in [9.17, 15) is 8.42 Å². The van der Waals surface area contributed by atoms with Gasteiger partial charge in [0.05, 0.1) is 10.6 Å². The van der Waals surface area contributed by atoms with Gasteiger partial charge in [-0.1, -0.05) is 25.1 Å². The van der Waals surface area contributed by atoms with Gasteiger partial charge in [-0.25, -0.2) is 13.4 Å². The van der Waals surface area contributed by atoms with Crippen LogP contribution >= 0.6 is 11.3 Å². The maximum Gasteiger partial charge on any atom is 0.184 e. The number of nitrogens with two attached hydrogens (primary N) is 1. The monoisotopic (exact) mass is 296 g/mol. The summed E-state index contributed by atoms with van der Waals surface area (Å²) in [6.45, 7) is 2.40. The van der Waals surface area contributed by atoms with Gasteiger partial charge in [-0.3, -0.25) is 0 Å². The fraction of sp³-hybridized carbons (Fsp3) is 0.308. The molecule has 1 heterocycles. The quantitative estimate of drug-likeness (QED) is 0.917. The molecule has 19 heavy (non-hydrogen) atoms. The first-order chi connectivity index (χ1) is 9.06. The van der Waals surface area contributed by atoms with Crippen LogP contribution in [0, 0.1) is 0 Å². The zero-order chi connectivity index (χ0) is 13.9. The van der Waals surface area contributed by atoms with E-state index in [1.54, 1.807) is 30.3 Å². The molecule has 2 rings (SSSR count). The van der Waals surface area contributed by atoms with Crippen LogP contribution in [0.4, 0.5) is 0 Å². The average Bonchev–Trinajstić information content (AvgIpc) is 2.81. The molecule has 2 aromatic rings. The number of aromatic nitrogens is 1. The lowest BCUT2D eigenvalue weighted by Crippen LogP contribution is -2.04. The Morgan fingerprint density at radius 3 is 2.47 bits per heavy atom. The number of thiazole rings is 1. The molecule has 0 radical (unpaired) electrons. The van der Waals surface area contributed by atoms with Crippen LogP contribution in [0.15, 0.2) is 35.2 Å². The van der Waals surface area contributed by atoms with Crippen LogP contribution in [0.25, 0.3) is 0 Å². The number of nitrogens with zero attached hydrogens (tertiary/aromatic N) is 1. The minimum absolute atomic E-state index is 0.0608. The van der Waals surface area contributed by atoms with Crippen molar-refractivity contribution >= 4 is 21.2 Å². The van der Waals surface area contributed by atoms with Crippen LogP contribution < -0.4 is 5.73 Å². The number of aryl methyl sites for hydroxylation is 1. The Morgan fingerprint density at radius 2 is 1.95 bits per heavy atom. The first-order valence-corrected chi connectivity index (χ1v) is 8.49. The minimum atomic E-state index is -3.33. The molecule has 1 aromatic carbocycles. The predicted octanol–water partition coefficient (Wildman–Crippen LogP) is 2.14. The van der Waals surface area contributed by atoms with Gasteiger partial charge < -0.3 is 5.73 Å². The van der Waals surface area contributed by atoms with Crippen molar-refractivity contribution in [1.82, 2.24) is 4.98 Å². The maximum atomic E-state index is 12.2. The van der Waals surface area contributed by atoms with Gasteiger partial charge in [0.2, 0.25) is 0 Å². The van der Waals surface area contributed by atoms with Crippen molar-refractivity contribution in [2.24, 2.45) is 5.73 Å². The minimum Gasteiger partial charge on any atom is -0.326 e. The van der Waals surface area contributed by atoms with Gasteiger partial charge in [0.1, 0.15) is 10.8 Å². The number of sulfone groups is 1. The fourth-order valence-electron chi connectivity index (χ4n) is 1.81. The van der Waals surface area contributed by atoms with Gasteiger partial charge in [-0.15, -0.1) is 11.3 Å². The number of hydrogen-bond donors (Lipinski definition) is 1. The van der Waals surface area contributed by atoms with Gasteiger partial charge in [0, 0.05) is 11.4 Å². The van der Waals surface area contributed by atoms with Crippen molar-refractivity contribution in [2.75, 3.05) is 0 Å². The van der Waals surface area contributed by atoms with Crippen LogP contribution in [0.1, 0.15) is 22.5 Å². The maximum absolute atomic E-state index is 12.2. The van der Waals surface area contributed by atoms with Gasteiger partial charge in [-0.05, 0) is 18.6 Å². The van der Waals surface area contributed by atoms with Crippen molar-refractivity contribution in [2.45, 2.75) is 30.5 Å². The second-order valence-corrected chi connectivity index (χ2v) is 7.27. The van der Waals surface area contributed by atoms with Crippen LogP contribution in [0.2, 0.25) is 0 Å². The summed E-state index contributed by atoms with van der Waals surface area (Å²) in [7, 11) is -3.33. The molecule has 0 fully saturated rings. The Labute approximate surface area is 117 Å². The molecule has 0 amide bonds. The molecule has 2 N–H and O–H groups in total. The number of rotatable bonds is 5. The third kappa shape index (κ3) is 3.20. The zero-order valence-electron chi connectivity index (χ0n) is 10.7. The molecule has 0 spiro atoms. The molecule has 0 saturated carbocycles. The van der Waals surface area contributed by atoms with Crippen molar-refractivity contribution in [1.29, 1.82) is 0 Å². The van der Waals surface area contributed by atoms with E-state index < -0.39 is 9.84 Å². The predicted molar refractivity (Wildman–Crippen MR) is 76.7 cm³/mol. The molecule has 0 bridgehead atoms. The summed E-state index contributed by atoms with van der Waals surface area (Å²) in [6, 6.07) is 8.44. The molecular formula is C13H16N2O2S2. The summed E-state index contributed by atoms with van der Waals surface area (Å²) < 4.78 is 24.5. The smallest absolute Gasteiger partial charge is 0.184 e. The Balaban J connectivity index is 2.28. The van der Waals surface area contributed by atoms with Crippen LogP contribution in [-0.2, 0) is 28.6 Å². The van der Waals surface area contributed by atoms with E-state index in [1.165, 1.54) is 11.3 Å². The highest BCUT2D eigenvalue weighted by molar-refractivity contribution is 7.90. The molecule has 1 aromatic heterocycles. The topological polar surface area (TPSA) is 73.0 Å². The average molecular weight is 296 g/mol. The summed E-state index contributed by atoms with van der Waals surface area (Å²) in [5, 5.41) is 0.612. The second-order valence-electron chi connectivity index (χ2n) is 4.11. The SMILES string of the molecule is CCc1nc(CS(=O)(=O)c2ccccc2)sc1CN. The highest BCUT2D eigenvalue weighted by Crippen LogP contribution is 2.23. The normalized spacial score (nSPS) is 11.7. The molecule has 4 nitrogen and oxygen atoms in total. The highest BCUT2D eigenvalue weighted by atomic mass is 32.2. The summed E-state index contributed by atoms with van der Waals surface area (Å²) in [5.41, 5.74) is 6.54. The molecular weight excluding hydrogens is 280 g/mol. The first-order valence-electron chi connectivity index (χ1n) is 6.02. The van der Waals surface area contributed by atoms with E-state index in [0.717, 1.165) is 17.0 Å². The Bertz CT molecular complexity index is 627. The van der Waals surface area contributed by atoms with E-state index in [4.69, 9.17) is 5.73 Å². The standard InChI is InChI=1S/C13H16N2O2S2/c1-2-11-12(8-14)18-13(15-11)9-19(16,17)10-6-4-3-5-7-10/h3-7H,2,8-9,14H2,1H3. The highest BCUT2D eigenvalue weighted by Gasteiger charge is 2.18.